The van der Waals surface area contributed by atoms with Crippen LogP contribution in [0.1, 0.15) is 12.8 Å². The van der Waals surface area contributed by atoms with Crippen LogP contribution >= 0.6 is 11.8 Å². The van der Waals surface area contributed by atoms with Gasteiger partial charge in [0.1, 0.15) is 5.52 Å². The number of amides is 1. The van der Waals surface area contributed by atoms with Gasteiger partial charge in [-0.2, -0.15) is 0 Å². The van der Waals surface area contributed by atoms with Crippen molar-refractivity contribution in [3.63, 3.8) is 0 Å². The van der Waals surface area contributed by atoms with Gasteiger partial charge in [0.25, 0.3) is 0 Å². The molecule has 2 rings (SSSR count). The van der Waals surface area contributed by atoms with E-state index in [1.807, 2.05) is 10.6 Å². The van der Waals surface area contributed by atoms with Crippen LogP contribution in [-0.2, 0) is 16.1 Å². The Morgan fingerprint density at radius 2 is 2.25 bits per heavy atom. The molecule has 0 aromatic carbocycles. The van der Waals surface area contributed by atoms with Gasteiger partial charge in [-0.25, -0.2) is 4.98 Å². The van der Waals surface area contributed by atoms with E-state index in [4.69, 9.17) is 10.8 Å². The summed E-state index contributed by atoms with van der Waals surface area (Å²) >= 11 is 1.15. The number of carboxylic acids is 1. The standard InChI is InChI=1S/C12H14N4O3S/c13-10(17)2-1-5-16-9-3-4-14-6-8(9)15-12(16)20-7-11(18)19/h3-4,6H,1-2,5,7H2,(H2,13,17)(H,18,19). The zero-order valence-corrected chi connectivity index (χ0v) is 11.5. The van der Waals surface area contributed by atoms with Gasteiger partial charge in [0.15, 0.2) is 5.16 Å². The van der Waals surface area contributed by atoms with E-state index in [-0.39, 0.29) is 18.1 Å². The van der Waals surface area contributed by atoms with E-state index in [0.717, 1.165) is 17.3 Å². The first-order valence-electron chi connectivity index (χ1n) is 6.01. The summed E-state index contributed by atoms with van der Waals surface area (Å²) in [6.07, 6.45) is 4.16. The van der Waals surface area contributed by atoms with E-state index in [9.17, 15) is 9.59 Å². The second kappa shape index (κ2) is 6.38. The number of aryl methyl sites for hydroxylation is 1. The molecule has 0 saturated carbocycles. The molecular formula is C12H14N4O3S. The average molecular weight is 294 g/mol. The molecule has 7 nitrogen and oxygen atoms in total. The van der Waals surface area contributed by atoms with Gasteiger partial charge in [0, 0.05) is 19.2 Å². The van der Waals surface area contributed by atoms with E-state index in [0.29, 0.717) is 23.6 Å². The summed E-state index contributed by atoms with van der Waals surface area (Å²) in [5.74, 6) is -1.31. The molecule has 0 atom stereocenters. The van der Waals surface area contributed by atoms with Crippen molar-refractivity contribution in [1.29, 1.82) is 0 Å². The minimum atomic E-state index is -0.899. The van der Waals surface area contributed by atoms with Gasteiger partial charge in [-0.3, -0.25) is 14.6 Å². The molecular weight excluding hydrogens is 280 g/mol. The SMILES string of the molecule is NC(=O)CCCn1c(SCC(=O)O)nc2cnccc21. The molecule has 3 N–H and O–H groups in total. The third kappa shape index (κ3) is 3.47. The summed E-state index contributed by atoms with van der Waals surface area (Å²) in [6, 6.07) is 1.82. The second-order valence-electron chi connectivity index (χ2n) is 4.16. The summed E-state index contributed by atoms with van der Waals surface area (Å²) in [4.78, 5) is 29.8. The van der Waals surface area contributed by atoms with Crippen LogP contribution < -0.4 is 5.73 Å². The number of nitrogens with two attached hydrogens (primary N) is 1. The number of primary amides is 1. The molecule has 2 aromatic heterocycles. The molecule has 106 valence electrons. The minimum absolute atomic E-state index is 0.0629. The number of aromatic nitrogens is 3. The minimum Gasteiger partial charge on any atom is -0.481 e. The molecule has 20 heavy (non-hydrogen) atoms. The van der Waals surface area contributed by atoms with Crippen LogP contribution in [0.2, 0.25) is 0 Å². The van der Waals surface area contributed by atoms with Gasteiger partial charge in [-0.15, -0.1) is 0 Å². The molecule has 1 amide bonds. The van der Waals surface area contributed by atoms with E-state index in [1.54, 1.807) is 12.4 Å². The maximum atomic E-state index is 10.8. The van der Waals surface area contributed by atoms with E-state index >= 15 is 0 Å². The van der Waals surface area contributed by atoms with Crippen LogP contribution in [0, 0.1) is 0 Å². The maximum absolute atomic E-state index is 10.8. The predicted molar refractivity (Wildman–Crippen MR) is 74.3 cm³/mol. The van der Waals surface area contributed by atoms with Crippen LogP contribution in [0.15, 0.2) is 23.6 Å². The fourth-order valence-electron chi connectivity index (χ4n) is 1.82. The number of pyridine rings is 1. The zero-order chi connectivity index (χ0) is 14.5. The monoisotopic (exact) mass is 294 g/mol. The normalized spacial score (nSPS) is 10.8. The first kappa shape index (κ1) is 14.3. The lowest BCUT2D eigenvalue weighted by Gasteiger charge is -2.07. The van der Waals surface area contributed by atoms with Crippen molar-refractivity contribution in [3.8, 4) is 0 Å². The van der Waals surface area contributed by atoms with E-state index in [2.05, 4.69) is 9.97 Å². The highest BCUT2D eigenvalue weighted by Crippen LogP contribution is 2.23. The van der Waals surface area contributed by atoms with Gasteiger partial charge < -0.3 is 15.4 Å². The molecule has 0 spiro atoms. The van der Waals surface area contributed by atoms with Crippen molar-refractivity contribution in [1.82, 2.24) is 14.5 Å². The molecule has 0 radical (unpaired) electrons. The largest absolute Gasteiger partial charge is 0.481 e. The Labute approximate surface area is 119 Å². The van der Waals surface area contributed by atoms with Crippen molar-refractivity contribution in [2.24, 2.45) is 5.73 Å². The Morgan fingerprint density at radius 3 is 2.95 bits per heavy atom. The van der Waals surface area contributed by atoms with E-state index in [1.165, 1.54) is 0 Å². The number of carboxylic acid groups (broad SMARTS) is 1. The van der Waals surface area contributed by atoms with Crippen molar-refractivity contribution < 1.29 is 14.7 Å². The van der Waals surface area contributed by atoms with Crippen molar-refractivity contribution >= 4 is 34.7 Å². The summed E-state index contributed by atoms with van der Waals surface area (Å²) in [6.45, 7) is 0.561. The number of rotatable bonds is 7. The second-order valence-corrected chi connectivity index (χ2v) is 5.11. The number of nitrogens with zero attached hydrogens (tertiary/aromatic N) is 3. The Kier molecular flexibility index (Phi) is 4.57. The molecule has 2 heterocycles. The third-order valence-electron chi connectivity index (χ3n) is 2.65. The number of fused-ring (bicyclic) bond motifs is 1. The molecule has 0 aliphatic carbocycles. The molecule has 8 heteroatoms. The molecule has 0 bridgehead atoms. The van der Waals surface area contributed by atoms with Crippen LogP contribution in [0.4, 0.5) is 0 Å². The van der Waals surface area contributed by atoms with Crippen LogP contribution in [0.5, 0.6) is 0 Å². The average Bonchev–Trinajstić information content (AvgIpc) is 2.74. The zero-order valence-electron chi connectivity index (χ0n) is 10.7. The smallest absolute Gasteiger partial charge is 0.313 e. The highest BCUT2D eigenvalue weighted by Gasteiger charge is 2.12. The topological polar surface area (TPSA) is 111 Å². The van der Waals surface area contributed by atoms with Gasteiger partial charge >= 0.3 is 5.97 Å². The first-order valence-corrected chi connectivity index (χ1v) is 6.99. The molecule has 0 fully saturated rings. The number of carbonyl (C=O) groups is 2. The Morgan fingerprint density at radius 1 is 1.45 bits per heavy atom. The molecule has 0 aliphatic rings. The lowest BCUT2D eigenvalue weighted by atomic mass is 10.3. The molecule has 0 aliphatic heterocycles. The van der Waals surface area contributed by atoms with E-state index < -0.39 is 5.97 Å². The van der Waals surface area contributed by atoms with Gasteiger partial charge in [0.05, 0.1) is 17.5 Å². The molecule has 0 saturated heterocycles. The fraction of sp³-hybridized carbons (Fsp3) is 0.333. The Balaban J connectivity index is 2.24. The Hall–Kier alpha value is -2.09. The predicted octanol–water partition coefficient (Wildman–Crippen LogP) is 0.873. The van der Waals surface area contributed by atoms with Crippen molar-refractivity contribution in [2.45, 2.75) is 24.5 Å². The van der Waals surface area contributed by atoms with Crippen LogP contribution in [0.25, 0.3) is 11.0 Å². The third-order valence-corrected chi connectivity index (χ3v) is 3.61. The lowest BCUT2D eigenvalue weighted by Crippen LogP contribution is -2.12. The fourth-order valence-corrected chi connectivity index (χ4v) is 2.58. The molecule has 2 aromatic rings. The van der Waals surface area contributed by atoms with Gasteiger partial charge in [0.2, 0.25) is 5.91 Å². The molecule has 0 unspecified atom stereocenters. The van der Waals surface area contributed by atoms with Gasteiger partial charge in [-0.05, 0) is 12.5 Å². The highest BCUT2D eigenvalue weighted by molar-refractivity contribution is 7.99. The quantitative estimate of drug-likeness (QED) is 0.733. The van der Waals surface area contributed by atoms with Crippen LogP contribution in [-0.4, -0.2) is 37.3 Å². The number of carbonyl (C=O) groups excluding carboxylic acids is 1. The Bertz CT molecular complexity index is 641. The first-order chi connectivity index (χ1) is 9.58. The number of hydrogen-bond acceptors (Lipinski definition) is 5. The van der Waals surface area contributed by atoms with Crippen LogP contribution in [0.3, 0.4) is 0 Å². The van der Waals surface area contributed by atoms with Crippen molar-refractivity contribution in [3.05, 3.63) is 18.5 Å². The van der Waals surface area contributed by atoms with Crippen molar-refractivity contribution in [2.75, 3.05) is 5.75 Å². The number of hydrogen-bond donors (Lipinski definition) is 2. The summed E-state index contributed by atoms with van der Waals surface area (Å²) < 4.78 is 1.90. The number of imidazole rings is 1. The highest BCUT2D eigenvalue weighted by atomic mass is 32.2. The summed E-state index contributed by atoms with van der Waals surface area (Å²) in [7, 11) is 0. The van der Waals surface area contributed by atoms with Gasteiger partial charge in [-0.1, -0.05) is 11.8 Å². The number of aliphatic carboxylic acids is 1. The maximum Gasteiger partial charge on any atom is 0.313 e. The summed E-state index contributed by atoms with van der Waals surface area (Å²) in [5, 5.41) is 9.37. The number of thioether (sulfide) groups is 1. The lowest BCUT2D eigenvalue weighted by molar-refractivity contribution is -0.133. The summed E-state index contributed by atoms with van der Waals surface area (Å²) in [5.41, 5.74) is 6.70.